The minimum atomic E-state index is -3.12. The molecule has 1 aromatic heterocycles. The Morgan fingerprint density at radius 1 is 1.11 bits per heavy atom. The van der Waals surface area contributed by atoms with E-state index in [-0.39, 0.29) is 17.6 Å². The van der Waals surface area contributed by atoms with Crippen LogP contribution in [-0.2, 0) is 10.0 Å². The number of hydrogen-bond donors (Lipinski definition) is 2. The van der Waals surface area contributed by atoms with Crippen LogP contribution in [0.2, 0.25) is 0 Å². The molecule has 0 bridgehead atoms. The molecule has 1 fully saturated rings. The summed E-state index contributed by atoms with van der Waals surface area (Å²) in [4.78, 5) is 8.67. The van der Waals surface area contributed by atoms with Gasteiger partial charge in [0, 0.05) is 18.2 Å². The predicted octanol–water partition coefficient (Wildman–Crippen LogP) is 3.19. The molecule has 3 rings (SSSR count). The second-order valence-corrected chi connectivity index (χ2v) is 8.98. The van der Waals surface area contributed by atoms with Crippen LogP contribution in [0.1, 0.15) is 32.6 Å². The quantitative estimate of drug-likeness (QED) is 0.756. The topological polar surface area (TPSA) is 84.0 Å². The molecule has 1 saturated carbocycles. The van der Waals surface area contributed by atoms with Crippen LogP contribution in [0.4, 0.5) is 10.2 Å². The van der Waals surface area contributed by atoms with E-state index in [1.54, 1.807) is 37.5 Å². The normalized spacial score (nSPS) is 20.4. The Hall–Kier alpha value is -2.06. The lowest BCUT2D eigenvalue weighted by atomic mass is 9.86. The third-order valence-electron chi connectivity index (χ3n) is 4.97. The van der Waals surface area contributed by atoms with Gasteiger partial charge in [0.2, 0.25) is 10.0 Å². The summed E-state index contributed by atoms with van der Waals surface area (Å²) in [5.41, 5.74) is 0.942. The van der Waals surface area contributed by atoms with Crippen LogP contribution >= 0.6 is 0 Å². The SMILES string of the molecule is CCS(=O)(=O)NC[C@H]1CC[C@H](Nc2cnc(-c3ccccc3F)cn2)CC1. The van der Waals surface area contributed by atoms with Gasteiger partial charge in [-0.25, -0.2) is 22.5 Å². The van der Waals surface area contributed by atoms with Crippen molar-refractivity contribution in [1.29, 1.82) is 0 Å². The van der Waals surface area contributed by atoms with E-state index >= 15 is 0 Å². The summed E-state index contributed by atoms with van der Waals surface area (Å²) in [6, 6.07) is 6.79. The molecular weight excluding hydrogens is 367 g/mol. The predicted molar refractivity (Wildman–Crippen MR) is 104 cm³/mol. The number of halogens is 1. The number of nitrogens with one attached hydrogen (secondary N) is 2. The lowest BCUT2D eigenvalue weighted by Gasteiger charge is -2.29. The number of rotatable bonds is 7. The molecule has 6 nitrogen and oxygen atoms in total. The van der Waals surface area contributed by atoms with E-state index in [0.29, 0.717) is 29.5 Å². The summed E-state index contributed by atoms with van der Waals surface area (Å²) in [7, 11) is -3.12. The van der Waals surface area contributed by atoms with Gasteiger partial charge < -0.3 is 5.32 Å². The third kappa shape index (κ3) is 5.46. The van der Waals surface area contributed by atoms with Crippen molar-refractivity contribution in [1.82, 2.24) is 14.7 Å². The fourth-order valence-corrected chi connectivity index (χ4v) is 3.97. The van der Waals surface area contributed by atoms with Gasteiger partial charge in [0.25, 0.3) is 0 Å². The highest BCUT2D eigenvalue weighted by molar-refractivity contribution is 7.89. The molecule has 1 aromatic carbocycles. The molecule has 0 radical (unpaired) electrons. The number of benzene rings is 1. The Bertz CT molecular complexity index is 850. The molecule has 27 heavy (non-hydrogen) atoms. The van der Waals surface area contributed by atoms with Gasteiger partial charge in [-0.1, -0.05) is 12.1 Å². The maximum Gasteiger partial charge on any atom is 0.211 e. The van der Waals surface area contributed by atoms with Gasteiger partial charge in [0.1, 0.15) is 11.6 Å². The standard InChI is InChI=1S/C19H25FN4O2S/c1-2-27(25,26)23-11-14-7-9-15(10-8-14)24-19-13-21-18(12-22-19)16-5-3-4-6-17(16)20/h3-6,12-15,23H,2,7-11H2,1H3,(H,22,24)/t14-,15-. The van der Waals surface area contributed by atoms with Crippen LogP contribution < -0.4 is 10.0 Å². The first-order valence-electron chi connectivity index (χ1n) is 9.27. The zero-order chi connectivity index (χ0) is 19.3. The van der Waals surface area contributed by atoms with E-state index in [4.69, 9.17) is 0 Å². The summed E-state index contributed by atoms with van der Waals surface area (Å²) < 4.78 is 39.6. The van der Waals surface area contributed by atoms with Crippen molar-refractivity contribution in [2.45, 2.75) is 38.6 Å². The molecule has 0 amide bonds. The summed E-state index contributed by atoms with van der Waals surface area (Å²) in [5, 5.41) is 3.37. The Labute approximate surface area is 159 Å². The number of anilines is 1. The fourth-order valence-electron chi connectivity index (χ4n) is 3.28. The van der Waals surface area contributed by atoms with E-state index in [0.717, 1.165) is 25.7 Å². The average molecular weight is 393 g/mol. The number of sulfonamides is 1. The summed E-state index contributed by atoms with van der Waals surface area (Å²) in [5.74, 6) is 0.847. The van der Waals surface area contributed by atoms with Gasteiger partial charge in [-0.05, 0) is 50.7 Å². The van der Waals surface area contributed by atoms with E-state index in [2.05, 4.69) is 20.0 Å². The van der Waals surface area contributed by atoms with Crippen molar-refractivity contribution in [2.75, 3.05) is 17.6 Å². The van der Waals surface area contributed by atoms with Crippen molar-refractivity contribution >= 4 is 15.8 Å². The molecule has 0 saturated heterocycles. The monoisotopic (exact) mass is 392 g/mol. The molecular formula is C19H25FN4O2S. The molecule has 1 aliphatic carbocycles. The maximum atomic E-state index is 13.8. The molecule has 2 aromatic rings. The Morgan fingerprint density at radius 2 is 1.85 bits per heavy atom. The molecule has 146 valence electrons. The molecule has 1 heterocycles. The zero-order valence-electron chi connectivity index (χ0n) is 15.4. The second-order valence-electron chi connectivity index (χ2n) is 6.88. The van der Waals surface area contributed by atoms with Gasteiger partial charge >= 0.3 is 0 Å². The molecule has 2 N–H and O–H groups in total. The summed E-state index contributed by atoms with van der Waals surface area (Å²) in [6.45, 7) is 2.15. The molecule has 1 aliphatic rings. The highest BCUT2D eigenvalue weighted by atomic mass is 32.2. The van der Waals surface area contributed by atoms with Gasteiger partial charge in [-0.15, -0.1) is 0 Å². The largest absolute Gasteiger partial charge is 0.366 e. The number of nitrogens with zero attached hydrogens (tertiary/aromatic N) is 2. The van der Waals surface area contributed by atoms with Crippen LogP contribution in [-0.4, -0.2) is 36.7 Å². The van der Waals surface area contributed by atoms with Crippen LogP contribution in [0.3, 0.4) is 0 Å². The minimum Gasteiger partial charge on any atom is -0.366 e. The fraction of sp³-hybridized carbons (Fsp3) is 0.474. The highest BCUT2D eigenvalue weighted by Gasteiger charge is 2.22. The number of hydrogen-bond acceptors (Lipinski definition) is 5. The van der Waals surface area contributed by atoms with Gasteiger partial charge in [0.15, 0.2) is 0 Å². The highest BCUT2D eigenvalue weighted by Crippen LogP contribution is 2.26. The summed E-state index contributed by atoms with van der Waals surface area (Å²) >= 11 is 0. The number of aromatic nitrogens is 2. The van der Waals surface area contributed by atoms with E-state index in [9.17, 15) is 12.8 Å². The van der Waals surface area contributed by atoms with Crippen molar-refractivity contribution in [3.63, 3.8) is 0 Å². The van der Waals surface area contributed by atoms with E-state index in [1.165, 1.54) is 6.07 Å². The molecule has 0 spiro atoms. The Morgan fingerprint density at radius 3 is 2.48 bits per heavy atom. The average Bonchev–Trinajstić information content (AvgIpc) is 2.69. The van der Waals surface area contributed by atoms with Crippen molar-refractivity contribution < 1.29 is 12.8 Å². The molecule has 0 unspecified atom stereocenters. The molecule has 0 aliphatic heterocycles. The van der Waals surface area contributed by atoms with Crippen LogP contribution in [0.25, 0.3) is 11.3 Å². The maximum absolute atomic E-state index is 13.8. The summed E-state index contributed by atoms with van der Waals surface area (Å²) in [6.07, 6.45) is 7.04. The zero-order valence-corrected chi connectivity index (χ0v) is 16.2. The van der Waals surface area contributed by atoms with Gasteiger partial charge in [0.05, 0.1) is 23.8 Å². The first kappa shape index (κ1) is 19.7. The first-order valence-corrected chi connectivity index (χ1v) is 10.9. The van der Waals surface area contributed by atoms with E-state index in [1.807, 2.05) is 0 Å². The van der Waals surface area contributed by atoms with Gasteiger partial charge in [-0.2, -0.15) is 0 Å². The van der Waals surface area contributed by atoms with Crippen molar-refractivity contribution in [3.8, 4) is 11.3 Å². The lowest BCUT2D eigenvalue weighted by Crippen LogP contribution is -2.34. The molecule has 0 atom stereocenters. The van der Waals surface area contributed by atoms with E-state index < -0.39 is 10.0 Å². The smallest absolute Gasteiger partial charge is 0.211 e. The lowest BCUT2D eigenvalue weighted by molar-refractivity contribution is 0.337. The van der Waals surface area contributed by atoms with Crippen LogP contribution in [0.5, 0.6) is 0 Å². The minimum absolute atomic E-state index is 0.117. The second kappa shape index (κ2) is 8.75. The van der Waals surface area contributed by atoms with Crippen LogP contribution in [0, 0.1) is 11.7 Å². The Balaban J connectivity index is 1.50. The molecule has 8 heteroatoms. The van der Waals surface area contributed by atoms with Crippen LogP contribution in [0.15, 0.2) is 36.7 Å². The van der Waals surface area contributed by atoms with Crippen molar-refractivity contribution in [2.24, 2.45) is 5.92 Å². The van der Waals surface area contributed by atoms with Crippen molar-refractivity contribution in [3.05, 3.63) is 42.5 Å². The Kier molecular flexibility index (Phi) is 6.38. The third-order valence-corrected chi connectivity index (χ3v) is 6.34. The van der Waals surface area contributed by atoms with Gasteiger partial charge in [-0.3, -0.25) is 4.98 Å². The first-order chi connectivity index (χ1) is 13.0.